The van der Waals surface area contributed by atoms with Crippen molar-refractivity contribution >= 4 is 35.3 Å². The van der Waals surface area contributed by atoms with Crippen LogP contribution in [-0.2, 0) is 25.6 Å². The molecule has 2 aromatic rings. The molecule has 1 saturated heterocycles. The highest BCUT2D eigenvalue weighted by molar-refractivity contribution is 6.14. The van der Waals surface area contributed by atoms with Crippen molar-refractivity contribution in [3.05, 3.63) is 29.7 Å². The number of imidazole rings is 1. The van der Waals surface area contributed by atoms with E-state index in [-0.39, 0.29) is 13.1 Å². The van der Waals surface area contributed by atoms with Crippen molar-refractivity contribution in [3.8, 4) is 0 Å². The molecular formula is C23H29N5O6. The van der Waals surface area contributed by atoms with Crippen LogP contribution < -0.4 is 4.90 Å². The number of anilines is 1. The van der Waals surface area contributed by atoms with Crippen LogP contribution in [0.25, 0.3) is 5.65 Å². The lowest BCUT2D eigenvalue weighted by Crippen LogP contribution is -2.37. The van der Waals surface area contributed by atoms with Crippen LogP contribution in [0.5, 0.6) is 0 Å². The van der Waals surface area contributed by atoms with Crippen LogP contribution in [0.2, 0.25) is 0 Å². The summed E-state index contributed by atoms with van der Waals surface area (Å²) in [6.45, 7) is 4.97. The number of esters is 1. The normalized spacial score (nSPS) is 16.4. The number of fused-ring (bicyclic) bond motifs is 1. The fourth-order valence-corrected chi connectivity index (χ4v) is 3.79. The maximum Gasteiger partial charge on any atom is 0.410 e. The molecule has 1 aliphatic carbocycles. The van der Waals surface area contributed by atoms with E-state index in [1.807, 2.05) is 16.7 Å². The number of imide groups is 1. The molecule has 1 aliphatic heterocycles. The molecule has 11 nitrogen and oxygen atoms in total. The van der Waals surface area contributed by atoms with Gasteiger partial charge in [-0.1, -0.05) is 0 Å². The van der Waals surface area contributed by atoms with Crippen molar-refractivity contribution < 1.29 is 28.7 Å². The number of urea groups is 1. The number of carbonyl (C=O) groups is 4. The van der Waals surface area contributed by atoms with Gasteiger partial charge in [-0.3, -0.25) is 19.4 Å². The van der Waals surface area contributed by atoms with E-state index in [4.69, 9.17) is 4.74 Å². The number of hydrogen-bond acceptors (Lipinski definition) is 7. The molecule has 0 spiro atoms. The molecule has 4 rings (SSSR count). The highest BCUT2D eigenvalue weighted by Crippen LogP contribution is 2.42. The molecule has 11 heteroatoms. The van der Waals surface area contributed by atoms with Crippen LogP contribution in [0.15, 0.2) is 18.5 Å². The Morgan fingerprint density at radius 1 is 1.21 bits per heavy atom. The third-order valence-corrected chi connectivity index (χ3v) is 5.62. The zero-order chi connectivity index (χ0) is 24.8. The second kappa shape index (κ2) is 8.62. The smallest absolute Gasteiger partial charge is 0.410 e. The van der Waals surface area contributed by atoms with Crippen molar-refractivity contribution in [2.24, 2.45) is 0 Å². The average Bonchev–Trinajstić information content (AvgIpc) is 3.47. The summed E-state index contributed by atoms with van der Waals surface area (Å²) in [6, 6.07) is 1.29. The Morgan fingerprint density at radius 3 is 2.53 bits per heavy atom. The molecule has 3 heterocycles. The van der Waals surface area contributed by atoms with E-state index in [0.717, 1.165) is 23.3 Å². The van der Waals surface area contributed by atoms with Crippen LogP contribution in [0.3, 0.4) is 0 Å². The fourth-order valence-electron chi connectivity index (χ4n) is 3.79. The van der Waals surface area contributed by atoms with Gasteiger partial charge in [-0.2, -0.15) is 0 Å². The highest BCUT2D eigenvalue weighted by atomic mass is 16.6. The van der Waals surface area contributed by atoms with Crippen LogP contribution in [0.4, 0.5) is 15.3 Å². The summed E-state index contributed by atoms with van der Waals surface area (Å²) in [7, 11) is 2.83. The van der Waals surface area contributed by atoms with Crippen molar-refractivity contribution in [2.75, 3.05) is 32.1 Å². The van der Waals surface area contributed by atoms with Gasteiger partial charge in [-0.25, -0.2) is 14.6 Å². The van der Waals surface area contributed by atoms with Gasteiger partial charge in [0.1, 0.15) is 18.7 Å². The summed E-state index contributed by atoms with van der Waals surface area (Å²) in [5.41, 5.74) is 2.00. The minimum Gasteiger partial charge on any atom is -0.468 e. The van der Waals surface area contributed by atoms with E-state index >= 15 is 0 Å². The van der Waals surface area contributed by atoms with Gasteiger partial charge in [0.25, 0.3) is 5.91 Å². The summed E-state index contributed by atoms with van der Waals surface area (Å²) in [5.74, 6) is -0.770. The monoisotopic (exact) mass is 471 g/mol. The van der Waals surface area contributed by atoms with Crippen molar-refractivity contribution in [1.82, 2.24) is 19.2 Å². The topological polar surface area (TPSA) is 114 Å². The van der Waals surface area contributed by atoms with Crippen LogP contribution in [-0.4, -0.2) is 76.0 Å². The Bertz CT molecular complexity index is 1160. The van der Waals surface area contributed by atoms with E-state index in [9.17, 15) is 19.2 Å². The molecule has 0 unspecified atom stereocenters. The molecular weight excluding hydrogens is 442 g/mol. The van der Waals surface area contributed by atoms with Gasteiger partial charge in [-0.05, 0) is 51.2 Å². The summed E-state index contributed by atoms with van der Waals surface area (Å²) >= 11 is 0. The van der Waals surface area contributed by atoms with Gasteiger partial charge >= 0.3 is 18.1 Å². The maximum atomic E-state index is 13.0. The first-order valence-corrected chi connectivity index (χ1v) is 11.1. The predicted molar refractivity (Wildman–Crippen MR) is 121 cm³/mol. The third-order valence-electron chi connectivity index (χ3n) is 5.62. The Morgan fingerprint density at radius 2 is 1.91 bits per heavy atom. The minimum absolute atomic E-state index is 0.195. The predicted octanol–water partition coefficient (Wildman–Crippen LogP) is 2.52. The molecule has 4 amide bonds. The van der Waals surface area contributed by atoms with Crippen molar-refractivity contribution in [3.63, 3.8) is 0 Å². The number of amides is 4. The number of hydrogen-bond donors (Lipinski definition) is 0. The lowest BCUT2D eigenvalue weighted by atomic mass is 10.1. The summed E-state index contributed by atoms with van der Waals surface area (Å²) in [6.07, 6.45) is 5.40. The lowest BCUT2D eigenvalue weighted by molar-refractivity contribution is -0.144. The number of aromatic nitrogens is 2. The number of methoxy groups -OCH3 is 1. The quantitative estimate of drug-likeness (QED) is 0.470. The zero-order valence-electron chi connectivity index (χ0n) is 20.0. The molecule has 34 heavy (non-hydrogen) atoms. The van der Waals surface area contributed by atoms with Gasteiger partial charge in [0.15, 0.2) is 5.65 Å². The molecule has 0 bridgehead atoms. The van der Waals surface area contributed by atoms with Gasteiger partial charge in [0, 0.05) is 19.4 Å². The van der Waals surface area contributed by atoms with E-state index in [0.29, 0.717) is 22.9 Å². The van der Waals surface area contributed by atoms with Crippen molar-refractivity contribution in [1.29, 1.82) is 0 Å². The van der Waals surface area contributed by atoms with E-state index in [1.54, 1.807) is 34.0 Å². The Balaban J connectivity index is 1.65. The molecule has 2 aliphatic rings. The Kier molecular flexibility index (Phi) is 5.96. The largest absolute Gasteiger partial charge is 0.468 e. The van der Waals surface area contributed by atoms with Gasteiger partial charge < -0.3 is 18.8 Å². The highest BCUT2D eigenvalue weighted by Gasteiger charge is 2.40. The van der Waals surface area contributed by atoms with E-state index in [1.165, 1.54) is 16.9 Å². The molecule has 1 saturated carbocycles. The van der Waals surface area contributed by atoms with Gasteiger partial charge in [-0.15, -0.1) is 0 Å². The summed E-state index contributed by atoms with van der Waals surface area (Å²) < 4.78 is 11.8. The molecule has 0 aromatic carbocycles. The number of pyridine rings is 1. The number of nitrogens with zero attached hydrogens (tertiary/aromatic N) is 5. The zero-order valence-corrected chi connectivity index (χ0v) is 20.0. The number of carbonyl (C=O) groups excluding carboxylic acids is 4. The molecule has 2 aromatic heterocycles. The molecule has 2 fully saturated rings. The first-order valence-electron chi connectivity index (χ1n) is 11.1. The minimum atomic E-state index is -0.672. The van der Waals surface area contributed by atoms with Crippen molar-refractivity contribution in [2.45, 2.75) is 51.7 Å². The van der Waals surface area contributed by atoms with Crippen LogP contribution >= 0.6 is 0 Å². The second-order valence-electron chi connectivity index (χ2n) is 9.66. The molecule has 0 N–H and O–H groups in total. The summed E-state index contributed by atoms with van der Waals surface area (Å²) in [5, 5.41) is 0. The molecule has 0 radical (unpaired) electrons. The first-order chi connectivity index (χ1) is 16.0. The van der Waals surface area contributed by atoms with E-state index in [2.05, 4.69) is 9.72 Å². The van der Waals surface area contributed by atoms with Gasteiger partial charge in [0.05, 0.1) is 25.0 Å². The fraction of sp³-hybridized carbons (Fsp3) is 0.522. The lowest BCUT2D eigenvalue weighted by Gasteiger charge is -2.24. The standard InChI is InChI=1S/C23H29N5O6/c1-23(2,3)34-22(32)25(4)10-16-11-26-9-15(14-6-7-14)8-17(20(26)24-16)27-12-18(29)28(21(27)31)13-19(30)33-5/h8-9,11,14H,6-7,10,12-13H2,1-5H3. The molecule has 0 atom stereocenters. The average molecular weight is 472 g/mol. The number of rotatable bonds is 6. The number of ether oxygens (including phenoxy) is 2. The van der Waals surface area contributed by atoms with Crippen LogP contribution in [0.1, 0.15) is 50.8 Å². The summed E-state index contributed by atoms with van der Waals surface area (Å²) in [4.78, 5) is 57.9. The van der Waals surface area contributed by atoms with E-state index < -0.39 is 36.1 Å². The Labute approximate surface area is 197 Å². The third kappa shape index (κ3) is 4.82. The maximum absolute atomic E-state index is 13.0. The second-order valence-corrected chi connectivity index (χ2v) is 9.66. The molecule has 182 valence electrons. The SMILES string of the molecule is COC(=O)CN1C(=O)CN(c2cc(C3CC3)cn3cc(CN(C)C(=O)OC(C)(C)C)nc23)C1=O. The van der Waals surface area contributed by atoms with Crippen LogP contribution in [0, 0.1) is 0 Å². The van der Waals surface area contributed by atoms with Gasteiger partial charge in [0.2, 0.25) is 0 Å². The first kappa shape index (κ1) is 23.5. The Hall–Kier alpha value is -3.63.